The average molecular weight is 377 g/mol. The van der Waals surface area contributed by atoms with Gasteiger partial charge in [-0.1, -0.05) is 6.07 Å². The van der Waals surface area contributed by atoms with E-state index in [9.17, 15) is 9.59 Å². The van der Waals surface area contributed by atoms with Crippen molar-refractivity contribution >= 4 is 17.6 Å². The van der Waals surface area contributed by atoms with Gasteiger partial charge >= 0.3 is 5.97 Å². The minimum atomic E-state index is -0.262. The first-order valence-electron chi connectivity index (χ1n) is 9.85. The molecule has 1 aliphatic heterocycles. The Bertz CT molecular complexity index is 929. The van der Waals surface area contributed by atoms with E-state index in [1.807, 2.05) is 50.2 Å². The van der Waals surface area contributed by atoms with Crippen LogP contribution in [0.4, 0.5) is 5.69 Å². The topological polar surface area (TPSA) is 64.6 Å². The summed E-state index contributed by atoms with van der Waals surface area (Å²) in [6.07, 6.45) is 1.81. The minimum absolute atomic E-state index is 0.0493. The van der Waals surface area contributed by atoms with Crippen LogP contribution in [0.25, 0.3) is 0 Å². The van der Waals surface area contributed by atoms with Crippen molar-refractivity contribution in [2.24, 2.45) is 23.7 Å². The lowest BCUT2D eigenvalue weighted by atomic mass is 9.79. The van der Waals surface area contributed by atoms with E-state index < -0.39 is 0 Å². The van der Waals surface area contributed by atoms with Gasteiger partial charge in [0.2, 0.25) is 5.91 Å². The molecule has 1 heterocycles. The monoisotopic (exact) mass is 377 g/mol. The predicted octanol–water partition coefficient (Wildman–Crippen LogP) is 4.23. The fraction of sp³-hybridized carbons (Fsp3) is 0.391. The van der Waals surface area contributed by atoms with Gasteiger partial charge in [0.25, 0.3) is 0 Å². The second-order valence-corrected chi connectivity index (χ2v) is 8.36. The van der Waals surface area contributed by atoms with Crippen LogP contribution in [0.5, 0.6) is 11.5 Å². The Morgan fingerprint density at radius 2 is 1.75 bits per heavy atom. The third-order valence-electron chi connectivity index (χ3n) is 6.34. The van der Waals surface area contributed by atoms with E-state index >= 15 is 0 Å². The quantitative estimate of drug-likeness (QED) is 0.810. The van der Waals surface area contributed by atoms with Crippen molar-refractivity contribution in [3.8, 4) is 11.5 Å². The van der Waals surface area contributed by atoms with Gasteiger partial charge in [-0.15, -0.1) is 0 Å². The molecule has 2 aromatic rings. The first-order valence-corrected chi connectivity index (χ1v) is 9.85. The van der Waals surface area contributed by atoms with Crippen molar-refractivity contribution in [3.05, 3.63) is 53.6 Å². The number of fused-ring (bicyclic) bond motifs is 1. The molecule has 0 radical (unpaired) electrons. The highest BCUT2D eigenvalue weighted by Crippen LogP contribution is 2.57. The standard InChI is InChI=1S/C23H23NO4/c1-12-7-13(2)9-17(8-12)27-16-5-3-15(4-6-16)24-22(25)20-14-10-18-19(11-14)28-23(26)21(18)20/h3-9,14,18-21H,10-11H2,1-2H3,(H,24,25)/t14-,18-,19+,20+,21-/m0/s1. The third kappa shape index (κ3) is 2.86. The molecule has 0 aromatic heterocycles. The number of rotatable bonds is 4. The predicted molar refractivity (Wildman–Crippen MR) is 104 cm³/mol. The lowest BCUT2D eigenvalue weighted by Crippen LogP contribution is -2.35. The van der Waals surface area contributed by atoms with Crippen molar-refractivity contribution in [1.29, 1.82) is 0 Å². The Morgan fingerprint density at radius 3 is 2.46 bits per heavy atom. The SMILES string of the molecule is Cc1cc(C)cc(Oc2ccc(NC(=O)[C@@H]3[C@H]4C[C@@H]5[C@@H]3C(=O)O[C@@H]5C4)cc2)c1. The van der Waals surface area contributed by atoms with Gasteiger partial charge in [-0.3, -0.25) is 9.59 Å². The number of hydrogen-bond acceptors (Lipinski definition) is 4. The fourth-order valence-electron chi connectivity index (χ4n) is 5.32. The summed E-state index contributed by atoms with van der Waals surface area (Å²) in [5, 5.41) is 2.98. The van der Waals surface area contributed by atoms with Crippen molar-refractivity contribution in [2.45, 2.75) is 32.8 Å². The number of nitrogens with one attached hydrogen (secondary N) is 1. The summed E-state index contributed by atoms with van der Waals surface area (Å²) in [4.78, 5) is 24.9. The second-order valence-electron chi connectivity index (χ2n) is 8.36. The number of aryl methyl sites for hydroxylation is 2. The molecule has 5 rings (SSSR count). The number of carbonyl (C=O) groups is 2. The molecule has 28 heavy (non-hydrogen) atoms. The summed E-state index contributed by atoms with van der Waals surface area (Å²) in [6, 6.07) is 13.4. The number of esters is 1. The molecule has 0 spiro atoms. The van der Waals surface area contributed by atoms with E-state index in [1.54, 1.807) is 0 Å². The van der Waals surface area contributed by atoms with Gasteiger partial charge in [0, 0.05) is 11.6 Å². The van der Waals surface area contributed by atoms with Gasteiger partial charge in [0.15, 0.2) is 0 Å². The molecule has 2 aliphatic carbocycles. The van der Waals surface area contributed by atoms with E-state index in [1.165, 1.54) is 0 Å². The molecule has 2 saturated carbocycles. The van der Waals surface area contributed by atoms with Crippen LogP contribution in [-0.2, 0) is 14.3 Å². The number of benzene rings is 2. The maximum absolute atomic E-state index is 12.8. The highest BCUT2D eigenvalue weighted by molar-refractivity contribution is 5.97. The first kappa shape index (κ1) is 17.3. The molecule has 2 bridgehead atoms. The van der Waals surface area contributed by atoms with Crippen molar-refractivity contribution < 1.29 is 19.1 Å². The molecule has 1 N–H and O–H groups in total. The number of carbonyl (C=O) groups excluding carboxylic acids is 2. The zero-order chi connectivity index (χ0) is 19.4. The minimum Gasteiger partial charge on any atom is -0.462 e. The number of anilines is 1. The van der Waals surface area contributed by atoms with Gasteiger partial charge in [0.1, 0.15) is 17.6 Å². The molecule has 5 heteroatoms. The third-order valence-corrected chi connectivity index (χ3v) is 6.34. The van der Waals surface area contributed by atoms with Gasteiger partial charge in [0.05, 0.1) is 11.8 Å². The maximum Gasteiger partial charge on any atom is 0.310 e. The van der Waals surface area contributed by atoms with Gasteiger partial charge in [-0.25, -0.2) is 0 Å². The molecule has 3 aliphatic rings. The Labute approximate surface area is 164 Å². The summed E-state index contributed by atoms with van der Waals surface area (Å²) in [7, 11) is 0. The molecule has 0 unspecified atom stereocenters. The smallest absolute Gasteiger partial charge is 0.310 e. The second kappa shape index (κ2) is 6.36. The Morgan fingerprint density at radius 1 is 1.04 bits per heavy atom. The Hall–Kier alpha value is -2.82. The number of amides is 1. The maximum atomic E-state index is 12.8. The number of hydrogen-bond donors (Lipinski definition) is 1. The Balaban J connectivity index is 1.26. The van der Waals surface area contributed by atoms with Crippen LogP contribution in [0.3, 0.4) is 0 Å². The van der Waals surface area contributed by atoms with Crippen LogP contribution in [-0.4, -0.2) is 18.0 Å². The zero-order valence-corrected chi connectivity index (χ0v) is 16.0. The molecular weight excluding hydrogens is 354 g/mol. The molecule has 5 atom stereocenters. The van der Waals surface area contributed by atoms with Crippen LogP contribution in [0.15, 0.2) is 42.5 Å². The highest BCUT2D eigenvalue weighted by Gasteiger charge is 2.63. The average Bonchev–Trinajstić information content (AvgIpc) is 3.25. The summed E-state index contributed by atoms with van der Waals surface area (Å²) >= 11 is 0. The summed E-state index contributed by atoms with van der Waals surface area (Å²) < 4.78 is 11.3. The zero-order valence-electron chi connectivity index (χ0n) is 16.0. The van der Waals surface area contributed by atoms with E-state index in [0.717, 1.165) is 29.7 Å². The van der Waals surface area contributed by atoms with Crippen LogP contribution in [0.1, 0.15) is 24.0 Å². The largest absolute Gasteiger partial charge is 0.462 e. The first-order chi connectivity index (χ1) is 13.5. The van der Waals surface area contributed by atoms with Gasteiger partial charge < -0.3 is 14.8 Å². The van der Waals surface area contributed by atoms with Gasteiger partial charge in [-0.05, 0) is 80.1 Å². The molecule has 1 saturated heterocycles. The molecule has 1 amide bonds. The number of ether oxygens (including phenoxy) is 2. The van der Waals surface area contributed by atoms with E-state index in [0.29, 0.717) is 11.4 Å². The normalized spacial score (nSPS) is 29.6. The molecule has 144 valence electrons. The van der Waals surface area contributed by atoms with E-state index in [2.05, 4.69) is 11.4 Å². The molecule has 2 aromatic carbocycles. The summed E-state index contributed by atoms with van der Waals surface area (Å²) in [5.74, 6) is 1.24. The lowest BCUT2D eigenvalue weighted by Gasteiger charge is -2.23. The van der Waals surface area contributed by atoms with Crippen LogP contribution < -0.4 is 10.1 Å². The highest BCUT2D eigenvalue weighted by atomic mass is 16.6. The summed E-state index contributed by atoms with van der Waals surface area (Å²) in [5.41, 5.74) is 3.01. The van der Waals surface area contributed by atoms with Crippen molar-refractivity contribution in [3.63, 3.8) is 0 Å². The Kier molecular flexibility index (Phi) is 3.93. The van der Waals surface area contributed by atoms with Gasteiger partial charge in [-0.2, -0.15) is 0 Å². The fourth-order valence-corrected chi connectivity index (χ4v) is 5.32. The lowest BCUT2D eigenvalue weighted by molar-refractivity contribution is -0.145. The summed E-state index contributed by atoms with van der Waals surface area (Å²) in [6.45, 7) is 4.08. The van der Waals surface area contributed by atoms with Crippen LogP contribution in [0, 0.1) is 37.5 Å². The molecule has 5 nitrogen and oxygen atoms in total. The van der Waals surface area contributed by atoms with Crippen LogP contribution >= 0.6 is 0 Å². The molecule has 3 fully saturated rings. The van der Waals surface area contributed by atoms with Crippen molar-refractivity contribution in [1.82, 2.24) is 0 Å². The molecular formula is C23H23NO4. The van der Waals surface area contributed by atoms with Crippen molar-refractivity contribution in [2.75, 3.05) is 5.32 Å². The van der Waals surface area contributed by atoms with E-state index in [-0.39, 0.29) is 41.7 Å². The van der Waals surface area contributed by atoms with E-state index in [4.69, 9.17) is 9.47 Å². The van der Waals surface area contributed by atoms with Crippen LogP contribution in [0.2, 0.25) is 0 Å².